The van der Waals surface area contributed by atoms with Gasteiger partial charge in [0.15, 0.2) is 5.78 Å². The largest absolute Gasteiger partial charge is 0.289 e. The molecular weight excluding hydrogens is 318 g/mol. The number of hydrogen-bond donors (Lipinski definition) is 0. The first-order valence-electron chi connectivity index (χ1n) is 8.77. The number of carbonyl (C=O) groups is 1. The number of benzene rings is 3. The number of aryl methyl sites for hydroxylation is 4. The van der Waals surface area contributed by atoms with Crippen LogP contribution in [0.5, 0.6) is 0 Å². The second-order valence-electron chi connectivity index (χ2n) is 6.61. The van der Waals surface area contributed by atoms with Gasteiger partial charge in [0.05, 0.1) is 11.6 Å². The van der Waals surface area contributed by atoms with E-state index in [2.05, 4.69) is 6.07 Å². The van der Waals surface area contributed by atoms with Crippen LogP contribution in [0.25, 0.3) is 0 Å². The molecule has 0 saturated carbocycles. The van der Waals surface area contributed by atoms with Crippen LogP contribution in [0.3, 0.4) is 0 Å². The fourth-order valence-electron chi connectivity index (χ4n) is 3.07. The number of rotatable bonds is 5. The van der Waals surface area contributed by atoms with E-state index in [4.69, 9.17) is 0 Å². The van der Waals surface area contributed by atoms with E-state index in [1.165, 1.54) is 0 Å². The molecule has 0 atom stereocenters. The highest BCUT2D eigenvalue weighted by atomic mass is 16.1. The van der Waals surface area contributed by atoms with Crippen LogP contribution in [0.2, 0.25) is 0 Å². The smallest absolute Gasteiger partial charge is 0.193 e. The minimum absolute atomic E-state index is 0.0435. The standard InChI is InChI=1S/C24H21NO/c1-17-6-11-21(12-7-17)24(26)22-14-9-19(10-15-22)8-13-20-5-3-4-18(2)23(20)16-25/h3-7,9-12,14-15H,8,13H2,1-2H3. The molecule has 0 bridgehead atoms. The van der Waals surface area contributed by atoms with Crippen molar-refractivity contribution >= 4 is 5.78 Å². The molecule has 0 N–H and O–H groups in total. The molecule has 0 amide bonds. The van der Waals surface area contributed by atoms with Gasteiger partial charge < -0.3 is 0 Å². The first kappa shape index (κ1) is 17.6. The second kappa shape index (κ2) is 7.80. The molecule has 3 aromatic rings. The zero-order valence-corrected chi connectivity index (χ0v) is 15.1. The summed E-state index contributed by atoms with van der Waals surface area (Å²) in [5, 5.41) is 9.33. The van der Waals surface area contributed by atoms with Gasteiger partial charge in [-0.2, -0.15) is 5.26 Å². The fourth-order valence-corrected chi connectivity index (χ4v) is 3.07. The summed E-state index contributed by atoms with van der Waals surface area (Å²) in [6, 6.07) is 23.7. The van der Waals surface area contributed by atoms with E-state index in [1.807, 2.05) is 80.6 Å². The lowest BCUT2D eigenvalue weighted by Crippen LogP contribution is -2.02. The van der Waals surface area contributed by atoms with Gasteiger partial charge in [0.25, 0.3) is 0 Å². The Hall–Kier alpha value is -3.18. The first-order valence-corrected chi connectivity index (χ1v) is 8.77. The Balaban J connectivity index is 1.70. The Kier molecular flexibility index (Phi) is 5.29. The summed E-state index contributed by atoms with van der Waals surface area (Å²) in [5.74, 6) is 0.0435. The number of nitriles is 1. The van der Waals surface area contributed by atoms with E-state index in [0.717, 1.165) is 40.7 Å². The molecule has 0 radical (unpaired) electrons. The maximum absolute atomic E-state index is 12.5. The van der Waals surface area contributed by atoms with Gasteiger partial charge in [0.2, 0.25) is 0 Å². The monoisotopic (exact) mass is 339 g/mol. The molecule has 0 heterocycles. The quantitative estimate of drug-likeness (QED) is 0.600. The van der Waals surface area contributed by atoms with E-state index >= 15 is 0 Å². The summed E-state index contributed by atoms with van der Waals surface area (Å²) < 4.78 is 0. The molecule has 2 heteroatoms. The Morgan fingerprint density at radius 1 is 0.846 bits per heavy atom. The van der Waals surface area contributed by atoms with Crippen LogP contribution in [0.4, 0.5) is 0 Å². The van der Waals surface area contributed by atoms with Gasteiger partial charge in [-0.15, -0.1) is 0 Å². The SMILES string of the molecule is Cc1ccc(C(=O)c2ccc(CCc3cccc(C)c3C#N)cc2)cc1. The lowest BCUT2D eigenvalue weighted by Gasteiger charge is -2.07. The number of carbonyl (C=O) groups excluding carboxylic acids is 1. The topological polar surface area (TPSA) is 40.9 Å². The highest BCUT2D eigenvalue weighted by molar-refractivity contribution is 6.08. The average Bonchev–Trinajstić information content (AvgIpc) is 2.67. The van der Waals surface area contributed by atoms with Crippen LogP contribution in [0.1, 0.15) is 43.7 Å². The predicted octanol–water partition coefficient (Wildman–Crippen LogP) is 5.19. The van der Waals surface area contributed by atoms with Gasteiger partial charge in [-0.1, -0.05) is 72.3 Å². The van der Waals surface area contributed by atoms with Gasteiger partial charge >= 0.3 is 0 Å². The molecule has 26 heavy (non-hydrogen) atoms. The van der Waals surface area contributed by atoms with Crippen LogP contribution in [-0.4, -0.2) is 5.78 Å². The molecule has 0 saturated heterocycles. The molecule has 3 rings (SSSR count). The lowest BCUT2D eigenvalue weighted by atomic mass is 9.96. The van der Waals surface area contributed by atoms with Crippen LogP contribution in [0, 0.1) is 25.2 Å². The van der Waals surface area contributed by atoms with E-state index < -0.39 is 0 Å². The van der Waals surface area contributed by atoms with Gasteiger partial charge in [0.1, 0.15) is 0 Å². The number of nitrogens with zero attached hydrogens (tertiary/aromatic N) is 1. The third-order valence-corrected chi connectivity index (χ3v) is 4.68. The molecule has 0 aliphatic rings. The van der Waals surface area contributed by atoms with Crippen LogP contribution >= 0.6 is 0 Å². The van der Waals surface area contributed by atoms with Crippen molar-refractivity contribution in [2.75, 3.05) is 0 Å². The van der Waals surface area contributed by atoms with E-state index in [1.54, 1.807) is 0 Å². The van der Waals surface area contributed by atoms with Crippen molar-refractivity contribution in [3.8, 4) is 6.07 Å². The summed E-state index contributed by atoms with van der Waals surface area (Å²) in [6.07, 6.45) is 1.66. The first-order chi connectivity index (χ1) is 12.6. The number of ketones is 1. The molecular formula is C24H21NO. The minimum Gasteiger partial charge on any atom is -0.289 e. The van der Waals surface area contributed by atoms with Crippen molar-refractivity contribution in [2.24, 2.45) is 0 Å². The molecule has 0 fully saturated rings. The predicted molar refractivity (Wildman–Crippen MR) is 104 cm³/mol. The zero-order chi connectivity index (χ0) is 18.5. The third-order valence-electron chi connectivity index (χ3n) is 4.68. The maximum Gasteiger partial charge on any atom is 0.193 e. The summed E-state index contributed by atoms with van der Waals surface area (Å²) in [4.78, 5) is 12.5. The average molecular weight is 339 g/mol. The number of hydrogen-bond acceptors (Lipinski definition) is 2. The van der Waals surface area contributed by atoms with Crippen LogP contribution in [-0.2, 0) is 12.8 Å². The Morgan fingerprint density at radius 3 is 2.08 bits per heavy atom. The highest BCUT2D eigenvalue weighted by Gasteiger charge is 2.09. The maximum atomic E-state index is 12.5. The van der Waals surface area contributed by atoms with Gasteiger partial charge in [0, 0.05) is 11.1 Å². The summed E-state index contributed by atoms with van der Waals surface area (Å²) >= 11 is 0. The van der Waals surface area contributed by atoms with Crippen molar-refractivity contribution in [1.29, 1.82) is 5.26 Å². The molecule has 0 aliphatic carbocycles. The lowest BCUT2D eigenvalue weighted by molar-refractivity contribution is 0.103. The van der Waals surface area contributed by atoms with Crippen molar-refractivity contribution in [1.82, 2.24) is 0 Å². The molecule has 3 aromatic carbocycles. The van der Waals surface area contributed by atoms with Gasteiger partial charge in [-0.05, 0) is 43.4 Å². The minimum atomic E-state index is 0.0435. The van der Waals surface area contributed by atoms with Gasteiger partial charge in [-0.3, -0.25) is 4.79 Å². The molecule has 0 aromatic heterocycles. The summed E-state index contributed by atoms with van der Waals surface area (Å²) in [5.41, 5.74) is 6.59. The Bertz CT molecular complexity index is 961. The highest BCUT2D eigenvalue weighted by Crippen LogP contribution is 2.17. The van der Waals surface area contributed by atoms with Crippen LogP contribution < -0.4 is 0 Å². The van der Waals surface area contributed by atoms with E-state index in [-0.39, 0.29) is 5.78 Å². The Labute approximate surface area is 154 Å². The van der Waals surface area contributed by atoms with Crippen LogP contribution in [0.15, 0.2) is 66.7 Å². The fraction of sp³-hybridized carbons (Fsp3) is 0.167. The third kappa shape index (κ3) is 3.90. The normalized spacial score (nSPS) is 10.3. The summed E-state index contributed by atoms with van der Waals surface area (Å²) in [7, 11) is 0. The zero-order valence-electron chi connectivity index (χ0n) is 15.1. The van der Waals surface area contributed by atoms with Crippen molar-refractivity contribution < 1.29 is 4.79 Å². The molecule has 2 nitrogen and oxygen atoms in total. The molecule has 0 unspecified atom stereocenters. The second-order valence-corrected chi connectivity index (χ2v) is 6.61. The van der Waals surface area contributed by atoms with E-state index in [9.17, 15) is 10.1 Å². The molecule has 0 aliphatic heterocycles. The van der Waals surface area contributed by atoms with Crippen molar-refractivity contribution in [3.05, 3.63) is 106 Å². The Morgan fingerprint density at radius 2 is 1.46 bits per heavy atom. The van der Waals surface area contributed by atoms with E-state index in [0.29, 0.717) is 11.1 Å². The summed E-state index contributed by atoms with van der Waals surface area (Å²) in [6.45, 7) is 3.97. The van der Waals surface area contributed by atoms with Crippen molar-refractivity contribution in [2.45, 2.75) is 26.7 Å². The molecule has 128 valence electrons. The van der Waals surface area contributed by atoms with Crippen molar-refractivity contribution in [3.63, 3.8) is 0 Å². The van der Waals surface area contributed by atoms with Gasteiger partial charge in [-0.25, -0.2) is 0 Å². The molecule has 0 spiro atoms.